The molecule has 1 aliphatic rings. The third kappa shape index (κ3) is 5.05. The Balaban J connectivity index is 2.68. The van der Waals surface area contributed by atoms with E-state index in [-0.39, 0.29) is 0 Å². The van der Waals surface area contributed by atoms with E-state index in [9.17, 15) is 0 Å². The maximum Gasteiger partial charge on any atom is 0.0615 e. The minimum Gasteiger partial charge on any atom is -0.383 e. The van der Waals surface area contributed by atoms with Crippen molar-refractivity contribution in [3.8, 4) is 0 Å². The molecule has 3 nitrogen and oxygen atoms in total. The molecule has 0 aromatic carbocycles. The molecule has 114 valence electrons. The van der Waals surface area contributed by atoms with Gasteiger partial charge in [0, 0.05) is 38.3 Å². The molecule has 0 spiro atoms. The van der Waals surface area contributed by atoms with E-state index in [2.05, 4.69) is 44.8 Å². The first-order chi connectivity index (χ1) is 8.99. The summed E-state index contributed by atoms with van der Waals surface area (Å²) in [7, 11) is 1.81. The van der Waals surface area contributed by atoms with Gasteiger partial charge in [-0.15, -0.1) is 0 Å². The molecule has 1 aliphatic heterocycles. The highest BCUT2D eigenvalue weighted by Gasteiger charge is 2.32. The standard InChI is InChI=1S/C16H34N2O/c1-7-13(4)16-10-18(14(5)11-19-6)15(9-17-16)8-12(2)3/h12-17H,7-11H2,1-6H3. The average Bonchev–Trinajstić information content (AvgIpc) is 2.37. The second kappa shape index (κ2) is 8.23. The number of ether oxygens (including phenoxy) is 1. The van der Waals surface area contributed by atoms with Crippen LogP contribution in [0.25, 0.3) is 0 Å². The Bertz CT molecular complexity index is 245. The van der Waals surface area contributed by atoms with E-state index >= 15 is 0 Å². The number of nitrogens with one attached hydrogen (secondary N) is 1. The van der Waals surface area contributed by atoms with Gasteiger partial charge in [-0.05, 0) is 25.2 Å². The molecule has 0 saturated carbocycles. The van der Waals surface area contributed by atoms with Crippen molar-refractivity contribution >= 4 is 0 Å². The normalized spacial score (nSPS) is 28.6. The third-order valence-corrected chi connectivity index (χ3v) is 4.54. The first kappa shape index (κ1) is 16.9. The van der Waals surface area contributed by atoms with Crippen molar-refractivity contribution in [2.24, 2.45) is 11.8 Å². The van der Waals surface area contributed by atoms with Crippen molar-refractivity contribution in [2.75, 3.05) is 26.8 Å². The summed E-state index contributed by atoms with van der Waals surface area (Å²) in [4.78, 5) is 2.68. The highest BCUT2D eigenvalue weighted by Crippen LogP contribution is 2.22. The first-order valence-corrected chi connectivity index (χ1v) is 7.97. The minimum atomic E-state index is 0.516. The summed E-state index contributed by atoms with van der Waals surface area (Å²) in [5.74, 6) is 1.50. The summed E-state index contributed by atoms with van der Waals surface area (Å²) < 4.78 is 5.37. The molecule has 0 aliphatic carbocycles. The smallest absolute Gasteiger partial charge is 0.0615 e. The molecule has 0 bridgehead atoms. The Kier molecular flexibility index (Phi) is 7.33. The van der Waals surface area contributed by atoms with Crippen LogP contribution < -0.4 is 5.32 Å². The van der Waals surface area contributed by atoms with Gasteiger partial charge >= 0.3 is 0 Å². The fraction of sp³-hybridized carbons (Fsp3) is 1.00. The zero-order valence-corrected chi connectivity index (χ0v) is 13.8. The Hall–Kier alpha value is -0.120. The molecule has 1 rings (SSSR count). The number of hydrogen-bond donors (Lipinski definition) is 1. The predicted octanol–water partition coefficient (Wildman–Crippen LogP) is 2.76. The lowest BCUT2D eigenvalue weighted by atomic mass is 9.92. The molecule has 0 radical (unpaired) electrons. The first-order valence-electron chi connectivity index (χ1n) is 7.97. The van der Waals surface area contributed by atoms with Gasteiger partial charge in [0.1, 0.15) is 0 Å². The van der Waals surface area contributed by atoms with Gasteiger partial charge in [-0.1, -0.05) is 34.1 Å². The average molecular weight is 270 g/mol. The van der Waals surface area contributed by atoms with Crippen molar-refractivity contribution in [1.29, 1.82) is 0 Å². The van der Waals surface area contributed by atoms with Gasteiger partial charge in [0.05, 0.1) is 6.61 Å². The van der Waals surface area contributed by atoms with Crippen molar-refractivity contribution in [1.82, 2.24) is 10.2 Å². The van der Waals surface area contributed by atoms with Gasteiger partial charge in [0.25, 0.3) is 0 Å². The lowest BCUT2D eigenvalue weighted by Crippen LogP contribution is -2.61. The van der Waals surface area contributed by atoms with E-state index in [0.29, 0.717) is 18.1 Å². The van der Waals surface area contributed by atoms with Gasteiger partial charge in [-0.25, -0.2) is 0 Å². The van der Waals surface area contributed by atoms with Crippen LogP contribution in [-0.2, 0) is 4.74 Å². The van der Waals surface area contributed by atoms with Crippen molar-refractivity contribution in [3.05, 3.63) is 0 Å². The van der Waals surface area contributed by atoms with Crippen molar-refractivity contribution in [3.63, 3.8) is 0 Å². The molecular formula is C16H34N2O. The summed E-state index contributed by atoms with van der Waals surface area (Å²) in [6, 6.07) is 1.81. The molecule has 0 aromatic heterocycles. The number of hydrogen-bond acceptors (Lipinski definition) is 3. The summed E-state index contributed by atoms with van der Waals surface area (Å²) >= 11 is 0. The van der Waals surface area contributed by atoms with Crippen LogP contribution in [0.4, 0.5) is 0 Å². The molecule has 1 saturated heterocycles. The van der Waals surface area contributed by atoms with Crippen LogP contribution in [0.2, 0.25) is 0 Å². The Morgan fingerprint density at radius 3 is 2.47 bits per heavy atom. The van der Waals surface area contributed by atoms with Gasteiger partial charge in [0.2, 0.25) is 0 Å². The summed E-state index contributed by atoms with van der Waals surface area (Å²) in [6.07, 6.45) is 2.52. The van der Waals surface area contributed by atoms with Gasteiger partial charge in [-0.2, -0.15) is 0 Å². The van der Waals surface area contributed by atoms with Crippen molar-refractivity contribution in [2.45, 2.75) is 65.6 Å². The molecule has 4 atom stereocenters. The quantitative estimate of drug-likeness (QED) is 0.770. The van der Waals surface area contributed by atoms with E-state index in [1.807, 2.05) is 7.11 Å². The second-order valence-electron chi connectivity index (χ2n) is 6.68. The van der Waals surface area contributed by atoms with Crippen LogP contribution in [0, 0.1) is 11.8 Å². The van der Waals surface area contributed by atoms with E-state index in [4.69, 9.17) is 4.74 Å². The highest BCUT2D eigenvalue weighted by molar-refractivity contribution is 4.90. The van der Waals surface area contributed by atoms with Crippen LogP contribution in [0.15, 0.2) is 0 Å². The molecule has 4 unspecified atom stereocenters. The monoisotopic (exact) mass is 270 g/mol. The van der Waals surface area contributed by atoms with E-state index in [1.54, 1.807) is 0 Å². The van der Waals surface area contributed by atoms with E-state index < -0.39 is 0 Å². The van der Waals surface area contributed by atoms with Crippen molar-refractivity contribution < 1.29 is 4.74 Å². The van der Waals surface area contributed by atoms with Crippen LogP contribution in [0.3, 0.4) is 0 Å². The number of methoxy groups -OCH3 is 1. The maximum atomic E-state index is 5.37. The molecule has 3 heteroatoms. The Morgan fingerprint density at radius 1 is 1.26 bits per heavy atom. The zero-order chi connectivity index (χ0) is 14.4. The summed E-state index contributed by atoms with van der Waals surface area (Å²) in [5, 5.41) is 3.77. The van der Waals surface area contributed by atoms with Gasteiger partial charge < -0.3 is 10.1 Å². The number of piperazine rings is 1. The Morgan fingerprint density at radius 2 is 1.95 bits per heavy atom. The van der Waals surface area contributed by atoms with Crippen LogP contribution in [0.5, 0.6) is 0 Å². The minimum absolute atomic E-state index is 0.516. The largest absolute Gasteiger partial charge is 0.383 e. The number of nitrogens with zero attached hydrogens (tertiary/aromatic N) is 1. The fourth-order valence-corrected chi connectivity index (χ4v) is 3.15. The summed E-state index contributed by atoms with van der Waals surface area (Å²) in [5.41, 5.74) is 0. The third-order valence-electron chi connectivity index (χ3n) is 4.54. The topological polar surface area (TPSA) is 24.5 Å². The maximum absolute atomic E-state index is 5.37. The lowest BCUT2D eigenvalue weighted by molar-refractivity contribution is 0.0253. The molecule has 1 heterocycles. The SMILES string of the molecule is CCC(C)C1CN(C(C)COC)C(CC(C)C)CN1. The van der Waals surface area contributed by atoms with Crippen LogP contribution in [0.1, 0.15) is 47.5 Å². The molecule has 1 fully saturated rings. The summed E-state index contributed by atoms with van der Waals surface area (Å²) in [6.45, 7) is 14.7. The second-order valence-corrected chi connectivity index (χ2v) is 6.68. The van der Waals surface area contributed by atoms with Gasteiger partial charge in [-0.3, -0.25) is 4.90 Å². The fourth-order valence-electron chi connectivity index (χ4n) is 3.15. The van der Waals surface area contributed by atoms with Gasteiger partial charge in [0.15, 0.2) is 0 Å². The zero-order valence-electron chi connectivity index (χ0n) is 13.8. The highest BCUT2D eigenvalue weighted by atomic mass is 16.5. The predicted molar refractivity (Wildman–Crippen MR) is 82.5 cm³/mol. The van der Waals surface area contributed by atoms with E-state index in [0.717, 1.165) is 31.5 Å². The lowest BCUT2D eigenvalue weighted by Gasteiger charge is -2.45. The van der Waals surface area contributed by atoms with E-state index in [1.165, 1.54) is 12.8 Å². The molecule has 19 heavy (non-hydrogen) atoms. The molecule has 0 amide bonds. The molecule has 1 N–H and O–H groups in total. The molecule has 0 aromatic rings. The van der Waals surface area contributed by atoms with Crippen LogP contribution in [-0.4, -0.2) is 49.8 Å². The van der Waals surface area contributed by atoms with Crippen LogP contribution >= 0.6 is 0 Å². The molecular weight excluding hydrogens is 236 g/mol. The number of rotatable bonds is 7. The Labute approximate surface area is 120 Å².